The third-order valence-corrected chi connectivity index (χ3v) is 3.10. The van der Waals surface area contributed by atoms with Crippen molar-refractivity contribution in [3.63, 3.8) is 0 Å². The molecule has 0 saturated carbocycles. The van der Waals surface area contributed by atoms with Crippen molar-refractivity contribution in [2.75, 3.05) is 5.32 Å². The standard InChI is InChI=1S/C11H11ClN2S/c1-8-3-2-4-9(5-8)13-7-11-14-6-10(12)15-11/h2-6,13H,7H2,1H3. The van der Waals surface area contributed by atoms with E-state index < -0.39 is 0 Å². The van der Waals surface area contributed by atoms with Gasteiger partial charge in [-0.2, -0.15) is 0 Å². The first kappa shape index (κ1) is 10.5. The van der Waals surface area contributed by atoms with Gasteiger partial charge in [0.05, 0.1) is 12.7 Å². The summed E-state index contributed by atoms with van der Waals surface area (Å²) >= 11 is 7.30. The monoisotopic (exact) mass is 238 g/mol. The van der Waals surface area contributed by atoms with Gasteiger partial charge in [-0.05, 0) is 24.6 Å². The van der Waals surface area contributed by atoms with Crippen LogP contribution in [0.4, 0.5) is 5.69 Å². The topological polar surface area (TPSA) is 24.9 Å². The molecule has 0 bridgehead atoms. The second kappa shape index (κ2) is 4.64. The molecule has 2 nitrogen and oxygen atoms in total. The second-order valence-corrected chi connectivity index (χ2v) is 5.03. The van der Waals surface area contributed by atoms with Gasteiger partial charge in [-0.1, -0.05) is 23.7 Å². The number of rotatable bonds is 3. The maximum atomic E-state index is 5.80. The number of aromatic nitrogens is 1. The number of thiazole rings is 1. The van der Waals surface area contributed by atoms with E-state index in [0.29, 0.717) is 0 Å². The zero-order valence-electron chi connectivity index (χ0n) is 8.33. The molecule has 0 aliphatic carbocycles. The van der Waals surface area contributed by atoms with Crippen molar-refractivity contribution in [1.29, 1.82) is 0 Å². The van der Waals surface area contributed by atoms with Gasteiger partial charge >= 0.3 is 0 Å². The van der Waals surface area contributed by atoms with Crippen LogP contribution in [0.5, 0.6) is 0 Å². The smallest absolute Gasteiger partial charge is 0.113 e. The minimum absolute atomic E-state index is 0.723. The van der Waals surface area contributed by atoms with E-state index in [-0.39, 0.29) is 0 Å². The fourth-order valence-electron chi connectivity index (χ4n) is 1.30. The fourth-order valence-corrected chi connectivity index (χ4v) is 2.20. The molecule has 2 rings (SSSR count). The molecule has 0 atom stereocenters. The summed E-state index contributed by atoms with van der Waals surface area (Å²) in [7, 11) is 0. The molecule has 0 fully saturated rings. The number of halogens is 1. The molecular weight excluding hydrogens is 228 g/mol. The summed E-state index contributed by atoms with van der Waals surface area (Å²) in [6.45, 7) is 2.80. The van der Waals surface area contributed by atoms with Gasteiger partial charge in [-0.25, -0.2) is 4.98 Å². The SMILES string of the molecule is Cc1cccc(NCc2ncc(Cl)s2)c1. The molecule has 4 heteroatoms. The summed E-state index contributed by atoms with van der Waals surface area (Å²) in [5, 5.41) is 4.31. The quantitative estimate of drug-likeness (QED) is 0.882. The minimum Gasteiger partial charge on any atom is -0.379 e. The summed E-state index contributed by atoms with van der Waals surface area (Å²) in [6.07, 6.45) is 1.68. The van der Waals surface area contributed by atoms with E-state index in [2.05, 4.69) is 29.4 Å². The van der Waals surface area contributed by atoms with E-state index in [0.717, 1.165) is 21.6 Å². The number of hydrogen-bond acceptors (Lipinski definition) is 3. The largest absolute Gasteiger partial charge is 0.379 e. The number of hydrogen-bond donors (Lipinski definition) is 1. The van der Waals surface area contributed by atoms with Crippen molar-refractivity contribution in [3.8, 4) is 0 Å². The van der Waals surface area contributed by atoms with Crippen LogP contribution in [0.1, 0.15) is 10.6 Å². The molecule has 78 valence electrons. The molecule has 0 amide bonds. The Morgan fingerprint density at radius 1 is 1.47 bits per heavy atom. The van der Waals surface area contributed by atoms with Gasteiger partial charge in [0.2, 0.25) is 0 Å². The maximum Gasteiger partial charge on any atom is 0.113 e. The van der Waals surface area contributed by atoms with E-state index in [1.165, 1.54) is 16.9 Å². The molecule has 1 N–H and O–H groups in total. The number of nitrogens with zero attached hydrogens (tertiary/aromatic N) is 1. The third-order valence-electron chi connectivity index (χ3n) is 1.99. The lowest BCUT2D eigenvalue weighted by Crippen LogP contribution is -1.98. The third kappa shape index (κ3) is 2.94. The normalized spacial score (nSPS) is 10.3. The molecule has 0 unspecified atom stereocenters. The molecule has 0 spiro atoms. The van der Waals surface area contributed by atoms with Crippen LogP contribution in [0.2, 0.25) is 4.34 Å². The van der Waals surface area contributed by atoms with E-state index in [9.17, 15) is 0 Å². The molecule has 1 aromatic carbocycles. The Bertz CT molecular complexity index is 453. The molecule has 2 aromatic rings. The highest BCUT2D eigenvalue weighted by molar-refractivity contribution is 7.15. The minimum atomic E-state index is 0.723. The van der Waals surface area contributed by atoms with Crippen LogP contribution in [0, 0.1) is 6.92 Å². The summed E-state index contributed by atoms with van der Waals surface area (Å²) in [5.74, 6) is 0. The first-order chi connectivity index (χ1) is 7.24. The summed E-state index contributed by atoms with van der Waals surface area (Å²) in [6, 6.07) is 8.26. The zero-order valence-corrected chi connectivity index (χ0v) is 9.90. The lowest BCUT2D eigenvalue weighted by molar-refractivity contribution is 1.10. The van der Waals surface area contributed by atoms with E-state index in [1.54, 1.807) is 6.20 Å². The van der Waals surface area contributed by atoms with Crippen molar-refractivity contribution in [3.05, 3.63) is 45.4 Å². The summed E-state index contributed by atoms with van der Waals surface area (Å²) in [5.41, 5.74) is 2.36. The average Bonchev–Trinajstić information content (AvgIpc) is 2.62. The van der Waals surface area contributed by atoms with Gasteiger partial charge in [0, 0.05) is 5.69 Å². The van der Waals surface area contributed by atoms with Gasteiger partial charge in [0.15, 0.2) is 0 Å². The van der Waals surface area contributed by atoms with Crippen LogP contribution in [-0.4, -0.2) is 4.98 Å². The van der Waals surface area contributed by atoms with Crippen molar-refractivity contribution >= 4 is 28.6 Å². The fraction of sp³-hybridized carbons (Fsp3) is 0.182. The summed E-state index contributed by atoms with van der Waals surface area (Å²) in [4.78, 5) is 4.18. The number of benzene rings is 1. The van der Waals surface area contributed by atoms with Crippen molar-refractivity contribution < 1.29 is 0 Å². The first-order valence-electron chi connectivity index (χ1n) is 4.65. The van der Waals surface area contributed by atoms with Crippen LogP contribution in [-0.2, 0) is 6.54 Å². The van der Waals surface area contributed by atoms with Gasteiger partial charge < -0.3 is 5.32 Å². The highest BCUT2D eigenvalue weighted by Crippen LogP contribution is 2.19. The lowest BCUT2D eigenvalue weighted by atomic mass is 10.2. The van der Waals surface area contributed by atoms with Gasteiger partial charge in [0.1, 0.15) is 9.34 Å². The molecule has 0 radical (unpaired) electrons. The van der Waals surface area contributed by atoms with Crippen LogP contribution < -0.4 is 5.32 Å². The molecule has 0 saturated heterocycles. The van der Waals surface area contributed by atoms with Crippen LogP contribution in [0.15, 0.2) is 30.5 Å². The number of aryl methyl sites for hydroxylation is 1. The highest BCUT2D eigenvalue weighted by atomic mass is 35.5. The number of anilines is 1. The van der Waals surface area contributed by atoms with Crippen LogP contribution in [0.25, 0.3) is 0 Å². The second-order valence-electron chi connectivity index (χ2n) is 3.28. The molecule has 0 aliphatic heterocycles. The zero-order chi connectivity index (χ0) is 10.7. The van der Waals surface area contributed by atoms with E-state index >= 15 is 0 Å². The van der Waals surface area contributed by atoms with Gasteiger partial charge in [-0.15, -0.1) is 11.3 Å². The van der Waals surface area contributed by atoms with Gasteiger partial charge in [-0.3, -0.25) is 0 Å². The Morgan fingerprint density at radius 3 is 3.00 bits per heavy atom. The molecule has 15 heavy (non-hydrogen) atoms. The Labute approximate surface area is 97.9 Å². The Morgan fingerprint density at radius 2 is 2.33 bits per heavy atom. The van der Waals surface area contributed by atoms with Gasteiger partial charge in [0.25, 0.3) is 0 Å². The van der Waals surface area contributed by atoms with Crippen LogP contribution >= 0.6 is 22.9 Å². The molecular formula is C11H11ClN2S. The van der Waals surface area contributed by atoms with E-state index in [1.807, 2.05) is 12.1 Å². The van der Waals surface area contributed by atoms with Crippen molar-refractivity contribution in [2.24, 2.45) is 0 Å². The first-order valence-corrected chi connectivity index (χ1v) is 5.84. The molecule has 0 aliphatic rings. The maximum absolute atomic E-state index is 5.80. The Balaban J connectivity index is 1.99. The van der Waals surface area contributed by atoms with Crippen molar-refractivity contribution in [1.82, 2.24) is 4.98 Å². The van der Waals surface area contributed by atoms with Crippen LogP contribution in [0.3, 0.4) is 0 Å². The average molecular weight is 239 g/mol. The molecule has 1 heterocycles. The summed E-state index contributed by atoms with van der Waals surface area (Å²) < 4.78 is 0.732. The predicted octanol–water partition coefficient (Wildman–Crippen LogP) is 3.72. The Kier molecular flexibility index (Phi) is 3.23. The Hall–Kier alpha value is -1.06. The van der Waals surface area contributed by atoms with E-state index in [4.69, 9.17) is 11.6 Å². The number of nitrogens with one attached hydrogen (secondary N) is 1. The predicted molar refractivity (Wildman–Crippen MR) is 65.6 cm³/mol. The van der Waals surface area contributed by atoms with Crippen molar-refractivity contribution in [2.45, 2.75) is 13.5 Å². The highest BCUT2D eigenvalue weighted by Gasteiger charge is 1.99. The molecule has 1 aromatic heterocycles. The lowest BCUT2D eigenvalue weighted by Gasteiger charge is -2.04.